The van der Waals surface area contributed by atoms with Crippen LogP contribution >= 0.6 is 0 Å². The Labute approximate surface area is 242 Å². The molecule has 2 N–H and O–H groups in total. The van der Waals surface area contributed by atoms with Gasteiger partial charge in [-0.2, -0.15) is 0 Å². The van der Waals surface area contributed by atoms with Gasteiger partial charge in [0.2, 0.25) is 0 Å². The van der Waals surface area contributed by atoms with Crippen molar-refractivity contribution in [3.05, 3.63) is 144 Å². The van der Waals surface area contributed by atoms with Crippen LogP contribution in [0.3, 0.4) is 0 Å². The highest BCUT2D eigenvalue weighted by atomic mass is 16.6. The summed E-state index contributed by atoms with van der Waals surface area (Å²) in [6, 6.07) is 39.5. The molecule has 0 amide bonds. The fourth-order valence-corrected chi connectivity index (χ4v) is 5.32. The van der Waals surface area contributed by atoms with Crippen LogP contribution in [0.4, 0.5) is 0 Å². The van der Waals surface area contributed by atoms with E-state index in [0.717, 1.165) is 22.3 Å². The van der Waals surface area contributed by atoms with Gasteiger partial charge in [-0.3, -0.25) is 0 Å². The molecule has 6 nitrogen and oxygen atoms in total. The highest BCUT2D eigenvalue weighted by molar-refractivity contribution is 5.17. The van der Waals surface area contributed by atoms with Gasteiger partial charge in [0.05, 0.1) is 45.2 Å². The van der Waals surface area contributed by atoms with Gasteiger partial charge in [-0.15, -0.1) is 0 Å². The smallest absolute Gasteiger partial charge is 0.115 e. The minimum Gasteiger partial charge on any atom is -0.396 e. The molecule has 4 aromatic rings. The van der Waals surface area contributed by atoms with Crippen LogP contribution in [0.2, 0.25) is 0 Å². The highest BCUT2D eigenvalue weighted by Crippen LogP contribution is 2.36. The monoisotopic (exact) mass is 554 g/mol. The molecule has 6 heteroatoms. The van der Waals surface area contributed by atoms with E-state index in [4.69, 9.17) is 18.9 Å². The van der Waals surface area contributed by atoms with Crippen LogP contribution < -0.4 is 0 Å². The van der Waals surface area contributed by atoms with E-state index in [1.54, 1.807) is 0 Å². The fraction of sp³-hybridized carbons (Fsp3) is 0.314. The average Bonchev–Trinajstić information content (AvgIpc) is 3.03. The maximum atomic E-state index is 11.6. The molecule has 0 unspecified atom stereocenters. The number of benzene rings is 4. The van der Waals surface area contributed by atoms with Crippen LogP contribution in [-0.4, -0.2) is 47.3 Å². The van der Waals surface area contributed by atoms with E-state index in [9.17, 15) is 10.2 Å². The Morgan fingerprint density at radius 1 is 0.415 bits per heavy atom. The summed E-state index contributed by atoms with van der Waals surface area (Å²) in [6.45, 7) is 0.932. The molecule has 41 heavy (non-hydrogen) atoms. The molecular formula is C35H38O6. The van der Waals surface area contributed by atoms with Crippen molar-refractivity contribution in [2.24, 2.45) is 5.92 Å². The van der Waals surface area contributed by atoms with Crippen molar-refractivity contribution in [3.8, 4) is 0 Å². The van der Waals surface area contributed by atoms with Crippen molar-refractivity contribution >= 4 is 0 Å². The molecule has 0 aromatic heterocycles. The Kier molecular flexibility index (Phi) is 10.7. The second-order valence-corrected chi connectivity index (χ2v) is 10.4. The van der Waals surface area contributed by atoms with Crippen molar-refractivity contribution in [1.29, 1.82) is 0 Å². The summed E-state index contributed by atoms with van der Waals surface area (Å²) in [4.78, 5) is 0. The third kappa shape index (κ3) is 7.89. The summed E-state index contributed by atoms with van der Waals surface area (Å²) in [5, 5.41) is 22.2. The predicted molar refractivity (Wildman–Crippen MR) is 157 cm³/mol. The van der Waals surface area contributed by atoms with Crippen LogP contribution in [0.1, 0.15) is 22.3 Å². The Balaban J connectivity index is 1.45. The first-order valence-electron chi connectivity index (χ1n) is 14.1. The van der Waals surface area contributed by atoms with Crippen molar-refractivity contribution < 1.29 is 29.2 Å². The van der Waals surface area contributed by atoms with Gasteiger partial charge in [0.25, 0.3) is 0 Å². The standard InChI is InChI=1S/C35H38O6/c36-21-30-31(37)33(39-23-27-15-7-2-8-16-27)35(41-25-29-19-11-4-12-20-29)34(40-24-28-17-9-3-10-18-28)32(30)38-22-26-13-5-1-6-14-26/h1-20,30-37H,21-25H2/t30-,31-,32+,33+,34-,35-/m1/s1. The van der Waals surface area contributed by atoms with Gasteiger partial charge in [0, 0.05) is 5.92 Å². The molecule has 1 saturated carbocycles. The first-order chi connectivity index (χ1) is 20.2. The summed E-state index contributed by atoms with van der Waals surface area (Å²) in [7, 11) is 0. The van der Waals surface area contributed by atoms with Gasteiger partial charge in [-0.25, -0.2) is 0 Å². The lowest BCUT2D eigenvalue weighted by Gasteiger charge is -2.48. The van der Waals surface area contributed by atoms with Crippen LogP contribution in [0.5, 0.6) is 0 Å². The van der Waals surface area contributed by atoms with E-state index < -0.39 is 36.4 Å². The molecule has 0 bridgehead atoms. The lowest BCUT2D eigenvalue weighted by Crippen LogP contribution is -2.64. The SMILES string of the molecule is OC[C@@H]1[C@@H](O)[C@H](OCc2ccccc2)[C@@H](OCc2ccccc2)[C@H](OCc2ccccc2)[C@H]1OCc1ccccc1. The topological polar surface area (TPSA) is 77.4 Å². The number of aliphatic hydroxyl groups is 2. The highest BCUT2D eigenvalue weighted by Gasteiger charge is 2.53. The fourth-order valence-electron chi connectivity index (χ4n) is 5.32. The Bertz CT molecular complexity index is 1270. The van der Waals surface area contributed by atoms with E-state index in [2.05, 4.69) is 0 Å². The molecule has 1 aliphatic carbocycles. The summed E-state index contributed by atoms with van der Waals surface area (Å²) in [6.07, 6.45) is -3.73. The molecule has 0 saturated heterocycles. The molecule has 6 atom stereocenters. The van der Waals surface area contributed by atoms with E-state index in [1.807, 2.05) is 121 Å². The normalized spacial score (nSPS) is 24.2. The van der Waals surface area contributed by atoms with Crippen molar-refractivity contribution in [3.63, 3.8) is 0 Å². The zero-order valence-corrected chi connectivity index (χ0v) is 23.1. The summed E-state index contributed by atoms with van der Waals surface area (Å²) in [5.41, 5.74) is 3.97. The first-order valence-corrected chi connectivity index (χ1v) is 14.1. The van der Waals surface area contributed by atoms with Gasteiger partial charge in [0.15, 0.2) is 0 Å². The zero-order valence-electron chi connectivity index (χ0n) is 23.1. The Morgan fingerprint density at radius 2 is 0.707 bits per heavy atom. The van der Waals surface area contributed by atoms with Gasteiger partial charge >= 0.3 is 0 Å². The summed E-state index contributed by atoms with van der Waals surface area (Å²) >= 11 is 0. The summed E-state index contributed by atoms with van der Waals surface area (Å²) in [5.74, 6) is -0.642. The quantitative estimate of drug-likeness (QED) is 0.233. The minimum atomic E-state index is -1.04. The zero-order chi connectivity index (χ0) is 28.3. The third-order valence-electron chi connectivity index (χ3n) is 7.52. The first kappa shape index (κ1) is 29.1. The molecule has 0 heterocycles. The van der Waals surface area contributed by atoms with Gasteiger partial charge in [-0.1, -0.05) is 121 Å². The van der Waals surface area contributed by atoms with Gasteiger partial charge in [-0.05, 0) is 22.3 Å². The molecule has 4 aromatic carbocycles. The molecular weight excluding hydrogens is 516 g/mol. The predicted octanol–water partition coefficient (Wildman–Crippen LogP) is 5.31. The molecule has 5 rings (SSSR count). The Hall–Kier alpha value is -3.36. The maximum absolute atomic E-state index is 11.6. The van der Waals surface area contributed by atoms with E-state index in [-0.39, 0.29) is 13.2 Å². The second kappa shape index (κ2) is 15.0. The van der Waals surface area contributed by atoms with Crippen LogP contribution in [0.25, 0.3) is 0 Å². The van der Waals surface area contributed by atoms with Crippen molar-refractivity contribution in [1.82, 2.24) is 0 Å². The average molecular weight is 555 g/mol. The molecule has 1 fully saturated rings. The minimum absolute atomic E-state index is 0.285. The van der Waals surface area contributed by atoms with E-state index in [0.29, 0.717) is 19.8 Å². The van der Waals surface area contributed by atoms with E-state index in [1.165, 1.54) is 0 Å². The molecule has 1 aliphatic rings. The molecule has 0 radical (unpaired) electrons. The van der Waals surface area contributed by atoms with Crippen LogP contribution in [0.15, 0.2) is 121 Å². The lowest BCUT2D eigenvalue weighted by molar-refractivity contribution is -0.264. The Morgan fingerprint density at radius 3 is 1.05 bits per heavy atom. The molecule has 0 aliphatic heterocycles. The van der Waals surface area contributed by atoms with Gasteiger partial charge in [0.1, 0.15) is 18.3 Å². The van der Waals surface area contributed by atoms with Crippen LogP contribution in [0, 0.1) is 5.92 Å². The second-order valence-electron chi connectivity index (χ2n) is 10.4. The van der Waals surface area contributed by atoms with E-state index >= 15 is 0 Å². The summed E-state index contributed by atoms with van der Waals surface area (Å²) < 4.78 is 26.0. The van der Waals surface area contributed by atoms with Crippen LogP contribution in [-0.2, 0) is 45.4 Å². The number of aliphatic hydroxyl groups excluding tert-OH is 2. The number of rotatable bonds is 13. The number of hydrogen-bond donors (Lipinski definition) is 2. The largest absolute Gasteiger partial charge is 0.396 e. The lowest BCUT2D eigenvalue weighted by atomic mass is 9.78. The van der Waals surface area contributed by atoms with Crippen molar-refractivity contribution in [2.75, 3.05) is 6.61 Å². The number of ether oxygens (including phenoxy) is 4. The molecule has 0 spiro atoms. The van der Waals surface area contributed by atoms with Crippen molar-refractivity contribution in [2.45, 2.75) is 56.9 Å². The maximum Gasteiger partial charge on any atom is 0.115 e. The molecule has 214 valence electrons. The third-order valence-corrected chi connectivity index (χ3v) is 7.52. The number of hydrogen-bond acceptors (Lipinski definition) is 6. The van der Waals surface area contributed by atoms with Gasteiger partial charge < -0.3 is 29.2 Å².